The van der Waals surface area contributed by atoms with E-state index in [0.717, 1.165) is 6.54 Å². The molecule has 0 aromatic heterocycles. The van der Waals surface area contributed by atoms with Crippen LogP contribution in [0, 0.1) is 0 Å². The van der Waals surface area contributed by atoms with Gasteiger partial charge in [-0.1, -0.05) is 6.08 Å². The molecule has 0 aromatic carbocycles. The molecule has 0 N–H and O–H groups in total. The van der Waals surface area contributed by atoms with Gasteiger partial charge in [-0.3, -0.25) is 4.90 Å². The first-order valence-electron chi connectivity index (χ1n) is 3.24. The second-order valence-corrected chi connectivity index (χ2v) is 3.40. The van der Waals surface area contributed by atoms with E-state index in [2.05, 4.69) is 6.58 Å². The van der Waals surface area contributed by atoms with Gasteiger partial charge in [0.25, 0.3) is 0 Å². The van der Waals surface area contributed by atoms with Gasteiger partial charge in [0.1, 0.15) is 0 Å². The molecule has 0 aromatic rings. The Morgan fingerprint density at radius 3 is 1.90 bits per heavy atom. The van der Waals surface area contributed by atoms with E-state index in [9.17, 15) is 0 Å². The van der Waals surface area contributed by atoms with Crippen molar-refractivity contribution in [1.29, 1.82) is 0 Å². The van der Waals surface area contributed by atoms with Gasteiger partial charge in [0.2, 0.25) is 0 Å². The van der Waals surface area contributed by atoms with Crippen molar-refractivity contribution in [1.82, 2.24) is 4.90 Å². The molecular formula is C7H13Cl2N. The van der Waals surface area contributed by atoms with E-state index < -0.39 is 0 Å². The van der Waals surface area contributed by atoms with Crippen molar-refractivity contribution < 1.29 is 0 Å². The molecule has 3 heteroatoms. The van der Waals surface area contributed by atoms with Gasteiger partial charge in [-0.05, 0) is 13.8 Å². The molecule has 0 aliphatic carbocycles. The van der Waals surface area contributed by atoms with Gasteiger partial charge in [0, 0.05) is 6.54 Å². The number of rotatable bonds is 4. The zero-order valence-corrected chi connectivity index (χ0v) is 7.86. The molecule has 0 spiro atoms. The summed E-state index contributed by atoms with van der Waals surface area (Å²) in [5.74, 6) is 0. The molecule has 1 nitrogen and oxygen atoms in total. The maximum atomic E-state index is 5.81. The van der Waals surface area contributed by atoms with E-state index in [0.29, 0.717) is 0 Å². The molecule has 0 saturated heterocycles. The highest BCUT2D eigenvalue weighted by Crippen LogP contribution is 2.11. The predicted octanol–water partition coefficient (Wildman–Crippen LogP) is 2.64. The van der Waals surface area contributed by atoms with Crippen molar-refractivity contribution in [3.63, 3.8) is 0 Å². The molecule has 0 aliphatic rings. The van der Waals surface area contributed by atoms with E-state index in [1.165, 1.54) is 0 Å². The SMILES string of the molecule is C=CCN(C(C)Cl)C(C)Cl. The Kier molecular flexibility index (Phi) is 5.14. The minimum absolute atomic E-state index is 0.0366. The third-order valence-electron chi connectivity index (χ3n) is 1.25. The zero-order valence-electron chi connectivity index (χ0n) is 6.35. The summed E-state index contributed by atoms with van der Waals surface area (Å²) in [6.07, 6.45) is 1.79. The van der Waals surface area contributed by atoms with Gasteiger partial charge < -0.3 is 0 Å². The van der Waals surface area contributed by atoms with Crippen LogP contribution in [-0.4, -0.2) is 22.4 Å². The van der Waals surface area contributed by atoms with E-state index in [-0.39, 0.29) is 11.0 Å². The number of hydrogen-bond donors (Lipinski definition) is 0. The highest BCUT2D eigenvalue weighted by molar-refractivity contribution is 6.22. The fourth-order valence-electron chi connectivity index (χ4n) is 0.723. The van der Waals surface area contributed by atoms with Crippen LogP contribution in [0.3, 0.4) is 0 Å². The summed E-state index contributed by atoms with van der Waals surface area (Å²) in [5.41, 5.74) is -0.0731. The van der Waals surface area contributed by atoms with Crippen molar-refractivity contribution in [2.45, 2.75) is 24.8 Å². The van der Waals surface area contributed by atoms with Crippen LogP contribution >= 0.6 is 23.2 Å². The lowest BCUT2D eigenvalue weighted by atomic mass is 10.4. The number of alkyl halides is 2. The second kappa shape index (κ2) is 5.00. The first-order valence-corrected chi connectivity index (χ1v) is 4.11. The highest BCUT2D eigenvalue weighted by Gasteiger charge is 2.13. The summed E-state index contributed by atoms with van der Waals surface area (Å²) in [6.45, 7) is 8.12. The zero-order chi connectivity index (χ0) is 8.15. The molecule has 0 radical (unpaired) electrons. The quantitative estimate of drug-likeness (QED) is 0.367. The third kappa shape index (κ3) is 3.45. The Morgan fingerprint density at radius 2 is 1.80 bits per heavy atom. The van der Waals surface area contributed by atoms with Crippen LogP contribution < -0.4 is 0 Å². The summed E-state index contributed by atoms with van der Waals surface area (Å²) in [6, 6.07) is 0. The molecule has 0 amide bonds. The minimum atomic E-state index is -0.0366. The van der Waals surface area contributed by atoms with Gasteiger partial charge >= 0.3 is 0 Å². The molecule has 2 unspecified atom stereocenters. The van der Waals surface area contributed by atoms with Crippen LogP contribution in [0.4, 0.5) is 0 Å². The van der Waals surface area contributed by atoms with Crippen molar-refractivity contribution in [2.75, 3.05) is 6.54 Å². The molecule has 10 heavy (non-hydrogen) atoms. The molecule has 60 valence electrons. The Labute approximate surface area is 72.6 Å². The molecule has 0 aliphatic heterocycles. The van der Waals surface area contributed by atoms with E-state index in [1.807, 2.05) is 18.7 Å². The molecule has 0 saturated carbocycles. The van der Waals surface area contributed by atoms with E-state index in [4.69, 9.17) is 23.2 Å². The van der Waals surface area contributed by atoms with Crippen LogP contribution in [0.5, 0.6) is 0 Å². The Balaban J connectivity index is 3.84. The first kappa shape index (κ1) is 10.3. The van der Waals surface area contributed by atoms with Crippen LogP contribution in [0.1, 0.15) is 13.8 Å². The molecular weight excluding hydrogens is 169 g/mol. The monoisotopic (exact) mass is 181 g/mol. The van der Waals surface area contributed by atoms with Crippen LogP contribution in [0.2, 0.25) is 0 Å². The van der Waals surface area contributed by atoms with Gasteiger partial charge in [-0.25, -0.2) is 0 Å². The lowest BCUT2D eigenvalue weighted by Crippen LogP contribution is -2.34. The van der Waals surface area contributed by atoms with Crippen molar-refractivity contribution in [3.05, 3.63) is 12.7 Å². The summed E-state index contributed by atoms with van der Waals surface area (Å²) in [7, 11) is 0. The Bertz CT molecular complexity index is 93.8. The van der Waals surface area contributed by atoms with E-state index in [1.54, 1.807) is 6.08 Å². The molecule has 0 rings (SSSR count). The summed E-state index contributed by atoms with van der Waals surface area (Å²) < 4.78 is 0. The molecule has 2 atom stereocenters. The lowest BCUT2D eigenvalue weighted by Gasteiger charge is -2.25. The topological polar surface area (TPSA) is 3.24 Å². The smallest absolute Gasteiger partial charge is 0.0836 e. The first-order chi connectivity index (χ1) is 4.59. The van der Waals surface area contributed by atoms with Gasteiger partial charge in [0.05, 0.1) is 11.0 Å². The maximum Gasteiger partial charge on any atom is 0.0836 e. The van der Waals surface area contributed by atoms with Crippen LogP contribution in [0.25, 0.3) is 0 Å². The van der Waals surface area contributed by atoms with Gasteiger partial charge in [0.15, 0.2) is 0 Å². The summed E-state index contributed by atoms with van der Waals surface area (Å²) in [5, 5.41) is 0. The van der Waals surface area contributed by atoms with Crippen LogP contribution in [-0.2, 0) is 0 Å². The van der Waals surface area contributed by atoms with Gasteiger partial charge in [-0.15, -0.1) is 29.8 Å². The summed E-state index contributed by atoms with van der Waals surface area (Å²) in [4.78, 5) is 1.93. The fraction of sp³-hybridized carbons (Fsp3) is 0.714. The van der Waals surface area contributed by atoms with Gasteiger partial charge in [-0.2, -0.15) is 0 Å². The van der Waals surface area contributed by atoms with E-state index >= 15 is 0 Å². The summed E-state index contributed by atoms with van der Waals surface area (Å²) >= 11 is 11.6. The number of halogens is 2. The largest absolute Gasteiger partial charge is 0.268 e. The Hall–Kier alpha value is 0.280. The van der Waals surface area contributed by atoms with Crippen molar-refractivity contribution in [3.8, 4) is 0 Å². The lowest BCUT2D eigenvalue weighted by molar-refractivity contribution is 0.279. The standard InChI is InChI=1S/C7H13Cl2N/c1-4-5-10(6(2)8)7(3)9/h4,6-7H,1,5H2,2-3H3. The normalized spacial score (nSPS) is 16.9. The molecule has 0 heterocycles. The number of hydrogen-bond acceptors (Lipinski definition) is 1. The fourth-order valence-corrected chi connectivity index (χ4v) is 1.28. The minimum Gasteiger partial charge on any atom is -0.268 e. The average Bonchev–Trinajstić information content (AvgIpc) is 1.81. The van der Waals surface area contributed by atoms with Crippen LogP contribution in [0.15, 0.2) is 12.7 Å². The number of nitrogens with zero attached hydrogens (tertiary/aromatic N) is 1. The molecule has 0 bridgehead atoms. The maximum absolute atomic E-state index is 5.81. The third-order valence-corrected chi connectivity index (χ3v) is 1.76. The van der Waals surface area contributed by atoms with Crippen molar-refractivity contribution >= 4 is 23.2 Å². The molecule has 0 fully saturated rings. The highest BCUT2D eigenvalue weighted by atomic mass is 35.5. The second-order valence-electron chi connectivity index (χ2n) is 2.13. The van der Waals surface area contributed by atoms with Crippen molar-refractivity contribution in [2.24, 2.45) is 0 Å². The average molecular weight is 182 g/mol. The Morgan fingerprint density at radius 1 is 1.40 bits per heavy atom. The predicted molar refractivity (Wildman–Crippen MR) is 47.5 cm³/mol.